The van der Waals surface area contributed by atoms with Crippen LogP contribution >= 0.6 is 0 Å². The van der Waals surface area contributed by atoms with Crippen LogP contribution in [0.4, 0.5) is 4.79 Å². The Balaban J connectivity index is 1.31. The molecule has 2 aliphatic heterocycles. The monoisotopic (exact) mass is 877 g/mol. The molecule has 0 unspecified atom stereocenters. The summed E-state index contributed by atoms with van der Waals surface area (Å²) in [6.07, 6.45) is -10.3. The Bertz CT molecular complexity index is 2410. The Hall–Kier alpha value is -5.68. The number of rotatable bonds is 11. The van der Waals surface area contributed by atoms with Gasteiger partial charge in [0, 0.05) is 48.2 Å². The van der Waals surface area contributed by atoms with Crippen molar-refractivity contribution in [1.29, 1.82) is 0 Å². The summed E-state index contributed by atoms with van der Waals surface area (Å²) in [5, 5.41) is 25.7. The summed E-state index contributed by atoms with van der Waals surface area (Å²) < 4.78 is 36.0. The number of benzene rings is 3. The molecule has 8 rings (SSSR count). The standard InChI is InChI=1S/C48H52BNO14/c1-26-31(62-41(56)36(52)35(28-17-11-8-12-18-28)50-39(54)29-19-13-9-14-20-29)24-47(58)42(64-40(55)30-21-15-10-16-22-30)48-45(5,38(53)37(63-43(57)60-7)34(26)44(47,3)4)32(59-6)23-33-46(48,25-61-33)49(48)27(2)51/h8-22,31-33,35-37,42,52,58H,23-25H2,1-7H3,(H,50,54)/t31-,32-,33+,35-,36+,37+,42+,45-,46-,47+,48+/m0/s1. The van der Waals surface area contributed by atoms with Gasteiger partial charge in [-0.1, -0.05) is 80.6 Å². The number of esters is 2. The van der Waals surface area contributed by atoms with Crippen molar-refractivity contribution in [3.8, 4) is 0 Å². The van der Waals surface area contributed by atoms with Crippen LogP contribution in [0.15, 0.2) is 102 Å². The fourth-order valence-electron chi connectivity index (χ4n) is 12.3. The van der Waals surface area contributed by atoms with E-state index in [-0.39, 0.29) is 41.0 Å². The van der Waals surface area contributed by atoms with Crippen molar-refractivity contribution >= 4 is 42.2 Å². The fourth-order valence-corrected chi connectivity index (χ4v) is 12.3. The van der Waals surface area contributed by atoms with E-state index in [2.05, 4.69) is 5.32 Å². The van der Waals surface area contributed by atoms with Gasteiger partial charge in [0.2, 0.25) is 6.71 Å². The Morgan fingerprint density at radius 1 is 0.859 bits per heavy atom. The summed E-state index contributed by atoms with van der Waals surface area (Å²) >= 11 is 0. The molecule has 0 aromatic heterocycles. The summed E-state index contributed by atoms with van der Waals surface area (Å²) in [7, 11) is 2.48. The maximum absolute atomic E-state index is 16.0. The fraction of sp³-hybridized carbons (Fsp3) is 0.458. The van der Waals surface area contributed by atoms with E-state index in [1.54, 1.807) is 107 Å². The Labute approximate surface area is 370 Å². The SMILES string of the molecule is COC(=O)O[C@H]1C(=O)[C@]2(C)[C@@H](OC)C[C@H]3OC[C@]34B(C(C)=O)[C@@]42[C@H](OC(=O)c2ccccc2)[C@]2(O)C[C@H](OC(=O)[C@H](O)[C@@H](NC(=O)c3ccccc3)c3ccccc3)C(C)=C1C2(C)C. The molecule has 2 saturated carbocycles. The van der Waals surface area contributed by atoms with Crippen LogP contribution in [-0.4, -0.2) is 115 Å². The second-order valence-electron chi connectivity index (χ2n) is 18.3. The highest BCUT2D eigenvalue weighted by Gasteiger charge is 2.99. The third-order valence-corrected chi connectivity index (χ3v) is 15.3. The molecule has 64 heavy (non-hydrogen) atoms. The van der Waals surface area contributed by atoms with Crippen LogP contribution in [0.25, 0.3) is 0 Å². The summed E-state index contributed by atoms with van der Waals surface area (Å²) in [6.45, 7) is 6.70. The van der Waals surface area contributed by atoms with Crippen molar-refractivity contribution in [2.45, 2.75) is 106 Å². The number of aliphatic hydroxyl groups excluding tert-OH is 1. The molecule has 5 aliphatic rings. The number of ether oxygens (including phenoxy) is 6. The molecule has 3 aromatic rings. The number of hydrogen-bond donors (Lipinski definition) is 3. The van der Waals surface area contributed by atoms with E-state index in [1.807, 2.05) is 0 Å². The van der Waals surface area contributed by atoms with E-state index in [1.165, 1.54) is 26.2 Å². The van der Waals surface area contributed by atoms with Crippen molar-refractivity contribution in [3.63, 3.8) is 0 Å². The Morgan fingerprint density at radius 3 is 2.00 bits per heavy atom. The number of amides is 1. The van der Waals surface area contributed by atoms with E-state index in [4.69, 9.17) is 28.4 Å². The molecule has 2 bridgehead atoms. The maximum atomic E-state index is 16.0. The van der Waals surface area contributed by atoms with Gasteiger partial charge >= 0.3 is 18.1 Å². The second-order valence-corrected chi connectivity index (χ2v) is 18.3. The van der Waals surface area contributed by atoms with Crippen molar-refractivity contribution in [2.24, 2.45) is 10.8 Å². The number of ketones is 1. The summed E-state index contributed by atoms with van der Waals surface area (Å²) in [6, 6.07) is 23.3. The van der Waals surface area contributed by atoms with Crippen LogP contribution < -0.4 is 5.32 Å². The van der Waals surface area contributed by atoms with Gasteiger partial charge in [-0.15, -0.1) is 0 Å². The molecule has 15 nitrogen and oxygen atoms in total. The lowest BCUT2D eigenvalue weighted by Gasteiger charge is -2.65. The minimum Gasteiger partial charge on any atom is -0.456 e. The molecule has 4 fully saturated rings. The van der Waals surface area contributed by atoms with Crippen LogP contribution in [0.1, 0.15) is 79.8 Å². The lowest BCUT2D eigenvalue weighted by Crippen LogP contribution is -2.72. The van der Waals surface area contributed by atoms with Gasteiger partial charge in [0.1, 0.15) is 17.8 Å². The minimum absolute atomic E-state index is 0.0219. The van der Waals surface area contributed by atoms with Crippen molar-refractivity contribution in [2.75, 3.05) is 20.8 Å². The highest BCUT2D eigenvalue weighted by atomic mass is 16.7. The number of hydrogen-bond acceptors (Lipinski definition) is 14. The second kappa shape index (κ2) is 16.1. The number of nitrogens with one attached hydrogen (secondary N) is 1. The molecular weight excluding hydrogens is 825 g/mol. The molecule has 16 heteroatoms. The van der Waals surface area contributed by atoms with Gasteiger partial charge in [-0.25, -0.2) is 14.4 Å². The highest BCUT2D eigenvalue weighted by molar-refractivity contribution is 7.04. The average molecular weight is 878 g/mol. The number of carbonyl (C=O) groups is 6. The van der Waals surface area contributed by atoms with Gasteiger partial charge in [0.25, 0.3) is 5.91 Å². The third-order valence-electron chi connectivity index (χ3n) is 15.3. The van der Waals surface area contributed by atoms with Gasteiger partial charge in [-0.2, -0.15) is 0 Å². The van der Waals surface area contributed by atoms with Crippen LogP contribution in [0.3, 0.4) is 0 Å². The topological polar surface area (TPSA) is 210 Å². The van der Waals surface area contributed by atoms with Crippen LogP contribution in [0.5, 0.6) is 0 Å². The van der Waals surface area contributed by atoms with Gasteiger partial charge in [-0.05, 0) is 61.7 Å². The van der Waals surface area contributed by atoms with Crippen molar-refractivity contribution in [3.05, 3.63) is 119 Å². The summed E-state index contributed by atoms with van der Waals surface area (Å²) in [5.41, 5.74) is -5.18. The van der Waals surface area contributed by atoms with Crippen LogP contribution in [0, 0.1) is 10.8 Å². The van der Waals surface area contributed by atoms with E-state index in [0.29, 0.717) is 5.56 Å². The van der Waals surface area contributed by atoms with Gasteiger partial charge in [0.05, 0.1) is 42.0 Å². The van der Waals surface area contributed by atoms with Gasteiger partial charge < -0.3 is 48.7 Å². The quantitative estimate of drug-likeness (QED) is 0.102. The zero-order valence-electron chi connectivity index (χ0n) is 36.7. The number of fused-ring (bicyclic) bond motifs is 2. The minimum atomic E-state index is -2.34. The van der Waals surface area contributed by atoms with Crippen molar-refractivity contribution < 1.29 is 67.4 Å². The zero-order valence-corrected chi connectivity index (χ0v) is 36.7. The Morgan fingerprint density at radius 2 is 1.45 bits per heavy atom. The number of carbonyl (C=O) groups excluding carboxylic acids is 6. The number of Topliss-reactive ketones (excluding diaryl/α,β-unsaturated/α-hetero) is 1. The molecule has 2 spiro atoms. The summed E-state index contributed by atoms with van der Waals surface area (Å²) in [5.74, 6) is -3.37. The van der Waals surface area contributed by atoms with Crippen LogP contribution in [-0.2, 0) is 42.8 Å². The first-order valence-electron chi connectivity index (χ1n) is 21.3. The molecule has 3 aliphatic carbocycles. The molecule has 3 aromatic carbocycles. The van der Waals surface area contributed by atoms with Gasteiger partial charge in [0.15, 0.2) is 18.0 Å². The molecule has 2 saturated heterocycles. The molecule has 11 atom stereocenters. The third kappa shape index (κ3) is 6.23. The zero-order chi connectivity index (χ0) is 46.1. The number of aliphatic hydroxyl groups is 2. The molecule has 2 heterocycles. The molecule has 0 radical (unpaired) electrons. The van der Waals surface area contributed by atoms with E-state index < -0.39 is 113 Å². The highest BCUT2D eigenvalue weighted by Crippen LogP contribution is 2.93. The average Bonchev–Trinajstić information content (AvgIpc) is 3.97. The Kier molecular flexibility index (Phi) is 11.3. The van der Waals surface area contributed by atoms with Crippen LogP contribution in [0.2, 0.25) is 10.6 Å². The largest absolute Gasteiger partial charge is 0.509 e. The first kappa shape index (κ1) is 44.9. The predicted molar refractivity (Wildman–Crippen MR) is 228 cm³/mol. The van der Waals surface area contributed by atoms with E-state index in [0.717, 1.165) is 7.11 Å². The lowest BCUT2D eigenvalue weighted by atomic mass is 9.40. The van der Waals surface area contributed by atoms with Gasteiger partial charge in [-0.3, -0.25) is 9.59 Å². The first-order chi connectivity index (χ1) is 30.4. The van der Waals surface area contributed by atoms with E-state index in [9.17, 15) is 34.2 Å². The van der Waals surface area contributed by atoms with E-state index >= 15 is 4.79 Å². The van der Waals surface area contributed by atoms with Crippen molar-refractivity contribution in [1.82, 2.24) is 5.32 Å². The molecule has 336 valence electrons. The molecule has 1 amide bonds. The smallest absolute Gasteiger partial charge is 0.456 e. The molecule has 3 N–H and O–H groups in total. The lowest BCUT2D eigenvalue weighted by molar-refractivity contribution is -0.244. The normalized spacial score (nSPS) is 32.9. The first-order valence-corrected chi connectivity index (χ1v) is 21.3. The maximum Gasteiger partial charge on any atom is 0.509 e. The number of methoxy groups -OCH3 is 2. The predicted octanol–water partition coefficient (Wildman–Crippen LogP) is 4.81. The summed E-state index contributed by atoms with van der Waals surface area (Å²) in [4.78, 5) is 85.9. The molecular formula is C48H52BNO14.